The maximum atomic E-state index is 12.5. The van der Waals surface area contributed by atoms with Crippen molar-refractivity contribution in [1.82, 2.24) is 10.2 Å². The Morgan fingerprint density at radius 2 is 2.16 bits per heavy atom. The number of nitrogens with one attached hydrogen (secondary N) is 2. The van der Waals surface area contributed by atoms with Crippen LogP contribution >= 0.6 is 0 Å². The van der Waals surface area contributed by atoms with Crippen LogP contribution in [0, 0.1) is 6.92 Å². The van der Waals surface area contributed by atoms with Crippen LogP contribution in [-0.2, 0) is 4.79 Å². The molecule has 1 aliphatic rings. The second-order valence-electron chi connectivity index (χ2n) is 4.37. The van der Waals surface area contributed by atoms with Crippen LogP contribution in [0.15, 0.2) is 30.5 Å². The molecule has 6 nitrogen and oxygen atoms in total. The van der Waals surface area contributed by atoms with Crippen LogP contribution in [0.3, 0.4) is 0 Å². The van der Waals surface area contributed by atoms with Crippen LogP contribution in [0.4, 0.5) is 11.4 Å². The molecular weight excluding hydrogens is 244 g/mol. The van der Waals surface area contributed by atoms with E-state index < -0.39 is 0 Å². The van der Waals surface area contributed by atoms with Crippen LogP contribution in [-0.4, -0.2) is 28.6 Å². The van der Waals surface area contributed by atoms with E-state index in [0.29, 0.717) is 22.6 Å². The van der Waals surface area contributed by atoms with Crippen molar-refractivity contribution in [3.63, 3.8) is 0 Å². The molecule has 0 fully saturated rings. The van der Waals surface area contributed by atoms with Crippen molar-refractivity contribution in [3.05, 3.63) is 41.7 Å². The Balaban J connectivity index is 2.04. The van der Waals surface area contributed by atoms with Gasteiger partial charge in [0.15, 0.2) is 0 Å². The molecule has 2 heterocycles. The van der Waals surface area contributed by atoms with Crippen molar-refractivity contribution in [2.75, 3.05) is 16.8 Å². The number of para-hydroxylation sites is 2. The number of aromatic amines is 1. The largest absolute Gasteiger partial charge is 0.323 e. The highest BCUT2D eigenvalue weighted by Gasteiger charge is 2.28. The number of amides is 2. The third kappa shape index (κ3) is 1.87. The number of carbonyl (C=O) groups is 2. The summed E-state index contributed by atoms with van der Waals surface area (Å²) in [5, 5.41) is 9.31. The first-order valence-electron chi connectivity index (χ1n) is 5.87. The number of hydrogen-bond donors (Lipinski definition) is 2. The Bertz CT molecular complexity index is 662. The monoisotopic (exact) mass is 256 g/mol. The number of benzene rings is 1. The first kappa shape index (κ1) is 11.5. The Kier molecular flexibility index (Phi) is 2.56. The fourth-order valence-electron chi connectivity index (χ4n) is 2.13. The maximum Gasteiger partial charge on any atom is 0.262 e. The average Bonchev–Trinajstić information content (AvgIpc) is 2.83. The molecule has 96 valence electrons. The molecule has 0 spiro atoms. The average molecular weight is 256 g/mol. The first-order valence-corrected chi connectivity index (χ1v) is 5.87. The maximum absolute atomic E-state index is 12.5. The van der Waals surface area contributed by atoms with Gasteiger partial charge in [-0.3, -0.25) is 19.6 Å². The standard InChI is InChI=1S/C13H12N4O2/c1-8-9(6-14-16-8)13(19)17-7-12(18)15-10-4-2-3-5-11(10)17/h2-6H,7H2,1H3,(H,14,16)(H,15,18). The van der Waals surface area contributed by atoms with Gasteiger partial charge >= 0.3 is 0 Å². The van der Waals surface area contributed by atoms with Crippen molar-refractivity contribution >= 4 is 23.2 Å². The first-order chi connectivity index (χ1) is 9.16. The van der Waals surface area contributed by atoms with Gasteiger partial charge in [-0.05, 0) is 19.1 Å². The highest BCUT2D eigenvalue weighted by molar-refractivity contribution is 6.15. The summed E-state index contributed by atoms with van der Waals surface area (Å²) < 4.78 is 0. The molecule has 3 rings (SSSR count). The molecule has 1 aromatic heterocycles. The van der Waals surface area contributed by atoms with E-state index in [1.807, 2.05) is 18.2 Å². The zero-order chi connectivity index (χ0) is 13.4. The SMILES string of the molecule is Cc1[nH]ncc1C(=O)N1CC(=O)Nc2ccccc21. The molecule has 1 aromatic carbocycles. The lowest BCUT2D eigenvalue weighted by atomic mass is 10.1. The van der Waals surface area contributed by atoms with Crippen molar-refractivity contribution in [3.8, 4) is 0 Å². The fraction of sp³-hybridized carbons (Fsp3) is 0.154. The summed E-state index contributed by atoms with van der Waals surface area (Å²) in [6, 6.07) is 7.23. The second-order valence-corrected chi connectivity index (χ2v) is 4.37. The van der Waals surface area contributed by atoms with E-state index in [1.165, 1.54) is 11.1 Å². The third-order valence-electron chi connectivity index (χ3n) is 3.08. The minimum Gasteiger partial charge on any atom is -0.323 e. The molecule has 2 aromatic rings. The summed E-state index contributed by atoms with van der Waals surface area (Å²) in [6.07, 6.45) is 1.48. The number of nitrogens with zero attached hydrogens (tertiary/aromatic N) is 2. The molecular formula is C13H12N4O2. The lowest BCUT2D eigenvalue weighted by molar-refractivity contribution is -0.115. The van der Waals surface area contributed by atoms with Crippen LogP contribution in [0.2, 0.25) is 0 Å². The molecule has 0 saturated heterocycles. The lowest BCUT2D eigenvalue weighted by Gasteiger charge is -2.28. The summed E-state index contributed by atoms with van der Waals surface area (Å²) >= 11 is 0. The van der Waals surface area contributed by atoms with E-state index in [2.05, 4.69) is 15.5 Å². The van der Waals surface area contributed by atoms with Crippen molar-refractivity contribution < 1.29 is 9.59 Å². The Hall–Kier alpha value is -2.63. The number of anilines is 2. The highest BCUT2D eigenvalue weighted by Crippen LogP contribution is 2.30. The zero-order valence-electron chi connectivity index (χ0n) is 10.3. The molecule has 0 atom stereocenters. The number of H-pyrrole nitrogens is 1. The molecule has 19 heavy (non-hydrogen) atoms. The van der Waals surface area contributed by atoms with Crippen LogP contribution in [0.1, 0.15) is 16.1 Å². The minimum atomic E-state index is -0.228. The fourth-order valence-corrected chi connectivity index (χ4v) is 2.13. The van der Waals surface area contributed by atoms with Crippen LogP contribution < -0.4 is 10.2 Å². The summed E-state index contributed by atoms with van der Waals surface area (Å²) in [6.45, 7) is 1.79. The third-order valence-corrected chi connectivity index (χ3v) is 3.08. The molecule has 0 aliphatic carbocycles. The van der Waals surface area contributed by atoms with Gasteiger partial charge in [0.2, 0.25) is 5.91 Å². The number of aromatic nitrogens is 2. The Labute approximate surface area is 109 Å². The van der Waals surface area contributed by atoms with Crippen LogP contribution in [0.25, 0.3) is 0 Å². The van der Waals surface area contributed by atoms with E-state index in [1.54, 1.807) is 13.0 Å². The molecule has 2 N–H and O–H groups in total. The number of carbonyl (C=O) groups excluding carboxylic acids is 2. The summed E-state index contributed by atoms with van der Waals surface area (Å²) in [7, 11) is 0. The van der Waals surface area contributed by atoms with Crippen LogP contribution in [0.5, 0.6) is 0 Å². The zero-order valence-corrected chi connectivity index (χ0v) is 10.3. The van der Waals surface area contributed by atoms with Gasteiger partial charge in [0.1, 0.15) is 6.54 Å². The van der Waals surface area contributed by atoms with Gasteiger partial charge in [-0.25, -0.2) is 0 Å². The topological polar surface area (TPSA) is 78.1 Å². The van der Waals surface area contributed by atoms with Gasteiger partial charge in [-0.1, -0.05) is 12.1 Å². The van der Waals surface area contributed by atoms with Crippen molar-refractivity contribution in [1.29, 1.82) is 0 Å². The highest BCUT2D eigenvalue weighted by atomic mass is 16.2. The summed E-state index contributed by atoms with van der Waals surface area (Å²) in [4.78, 5) is 25.6. The van der Waals surface area contributed by atoms with E-state index in [0.717, 1.165) is 0 Å². The number of rotatable bonds is 1. The van der Waals surface area contributed by atoms with E-state index in [4.69, 9.17) is 0 Å². The molecule has 0 bridgehead atoms. The smallest absolute Gasteiger partial charge is 0.262 e. The van der Waals surface area contributed by atoms with Gasteiger partial charge in [0, 0.05) is 5.69 Å². The van der Waals surface area contributed by atoms with E-state index >= 15 is 0 Å². The predicted octanol–water partition coefficient (Wildman–Crippen LogP) is 1.32. The quantitative estimate of drug-likeness (QED) is 0.807. The normalized spacial score (nSPS) is 13.9. The molecule has 2 amide bonds. The van der Waals surface area contributed by atoms with Gasteiger partial charge < -0.3 is 5.32 Å². The predicted molar refractivity (Wildman–Crippen MR) is 70.1 cm³/mol. The number of hydrogen-bond acceptors (Lipinski definition) is 3. The van der Waals surface area contributed by atoms with Crippen molar-refractivity contribution in [2.45, 2.75) is 6.92 Å². The van der Waals surface area contributed by atoms with Crippen molar-refractivity contribution in [2.24, 2.45) is 0 Å². The van der Waals surface area contributed by atoms with E-state index in [-0.39, 0.29) is 18.4 Å². The molecule has 0 unspecified atom stereocenters. The van der Waals surface area contributed by atoms with Gasteiger partial charge in [0.05, 0.1) is 23.1 Å². The molecule has 0 radical (unpaired) electrons. The second kappa shape index (κ2) is 4.24. The van der Waals surface area contributed by atoms with Gasteiger partial charge in [0.25, 0.3) is 5.91 Å². The minimum absolute atomic E-state index is 0.0144. The van der Waals surface area contributed by atoms with Gasteiger partial charge in [-0.15, -0.1) is 0 Å². The lowest BCUT2D eigenvalue weighted by Crippen LogP contribution is -2.42. The number of fused-ring (bicyclic) bond motifs is 1. The van der Waals surface area contributed by atoms with Gasteiger partial charge in [-0.2, -0.15) is 5.10 Å². The number of aryl methyl sites for hydroxylation is 1. The molecule has 1 aliphatic heterocycles. The summed E-state index contributed by atoms with van der Waals surface area (Å²) in [5.41, 5.74) is 2.51. The Morgan fingerprint density at radius 3 is 2.89 bits per heavy atom. The Morgan fingerprint density at radius 1 is 1.37 bits per heavy atom. The van der Waals surface area contributed by atoms with E-state index in [9.17, 15) is 9.59 Å². The summed E-state index contributed by atoms with van der Waals surface area (Å²) in [5.74, 6) is -0.429. The molecule has 6 heteroatoms. The molecule has 0 saturated carbocycles.